The highest BCUT2D eigenvalue weighted by Gasteiger charge is 2.32. The number of pyridine rings is 1. The fourth-order valence-corrected chi connectivity index (χ4v) is 2.90. The average molecular weight is 346 g/mol. The number of hydrogen-bond donors (Lipinski definition) is 0. The summed E-state index contributed by atoms with van der Waals surface area (Å²) in [5.74, 6) is 0.169. The Kier molecular flexibility index (Phi) is 4.79. The molecular weight excluding hydrogens is 323 g/mol. The molecule has 0 N–H and O–H groups in total. The smallest absolute Gasteiger partial charge is 0.413 e. The zero-order valence-corrected chi connectivity index (χ0v) is 14.8. The van der Waals surface area contributed by atoms with Crippen LogP contribution in [0.3, 0.4) is 0 Å². The molecule has 2 heterocycles. The van der Waals surface area contributed by atoms with Gasteiger partial charge in [-0.2, -0.15) is 0 Å². The van der Waals surface area contributed by atoms with Crippen molar-refractivity contribution in [2.75, 3.05) is 6.54 Å². The van der Waals surface area contributed by atoms with E-state index in [9.17, 15) is 9.18 Å². The van der Waals surface area contributed by atoms with E-state index < -0.39 is 11.8 Å². The largest absolute Gasteiger partial charge is 0.470 e. The highest BCUT2D eigenvalue weighted by Crippen LogP contribution is 2.29. The molecule has 0 aliphatic carbocycles. The SMILES string of the molecule is CC(C)(C)OC(=O)N1CCCC[C@H]1Oc1ccnc2ccc(F)cc12. The summed E-state index contributed by atoms with van der Waals surface area (Å²) in [6.45, 7) is 6.09. The molecule has 0 radical (unpaired) electrons. The molecule has 1 fully saturated rings. The van der Waals surface area contributed by atoms with Crippen LogP contribution in [0, 0.1) is 5.82 Å². The Balaban J connectivity index is 1.85. The van der Waals surface area contributed by atoms with Gasteiger partial charge in [0.2, 0.25) is 0 Å². The van der Waals surface area contributed by atoms with E-state index in [1.165, 1.54) is 12.1 Å². The molecule has 3 rings (SSSR count). The lowest BCUT2D eigenvalue weighted by Gasteiger charge is -2.36. The summed E-state index contributed by atoms with van der Waals surface area (Å²) in [6.07, 6.45) is 3.38. The molecule has 6 heteroatoms. The molecule has 0 spiro atoms. The number of hydrogen-bond acceptors (Lipinski definition) is 4. The fourth-order valence-electron chi connectivity index (χ4n) is 2.90. The maximum absolute atomic E-state index is 13.6. The number of nitrogens with zero attached hydrogens (tertiary/aromatic N) is 2. The Hall–Kier alpha value is -2.37. The van der Waals surface area contributed by atoms with E-state index in [1.54, 1.807) is 23.2 Å². The molecule has 1 aliphatic heterocycles. The van der Waals surface area contributed by atoms with Crippen LogP contribution >= 0.6 is 0 Å². The lowest BCUT2D eigenvalue weighted by Crippen LogP contribution is -2.48. The van der Waals surface area contributed by atoms with Gasteiger partial charge in [0.25, 0.3) is 0 Å². The van der Waals surface area contributed by atoms with Gasteiger partial charge in [0.1, 0.15) is 17.2 Å². The van der Waals surface area contributed by atoms with Gasteiger partial charge in [-0.1, -0.05) is 0 Å². The minimum absolute atomic E-state index is 0.349. The van der Waals surface area contributed by atoms with E-state index >= 15 is 0 Å². The number of likely N-dealkylation sites (tertiary alicyclic amines) is 1. The lowest BCUT2D eigenvalue weighted by molar-refractivity contribution is -0.0337. The molecule has 0 saturated carbocycles. The molecule has 1 aromatic carbocycles. The molecule has 2 aromatic rings. The summed E-state index contributed by atoms with van der Waals surface area (Å²) < 4.78 is 25.2. The highest BCUT2D eigenvalue weighted by molar-refractivity contribution is 5.84. The number of piperidine rings is 1. The molecule has 0 unspecified atom stereocenters. The van der Waals surface area contributed by atoms with Gasteiger partial charge in [-0.15, -0.1) is 0 Å². The van der Waals surface area contributed by atoms with Gasteiger partial charge in [-0.25, -0.2) is 9.18 Å². The molecule has 5 nitrogen and oxygen atoms in total. The first kappa shape index (κ1) is 17.5. The van der Waals surface area contributed by atoms with Crippen molar-refractivity contribution in [1.29, 1.82) is 0 Å². The van der Waals surface area contributed by atoms with Crippen LogP contribution in [0.4, 0.5) is 9.18 Å². The minimum Gasteiger partial charge on any atom is -0.470 e. The van der Waals surface area contributed by atoms with Crippen molar-refractivity contribution in [3.63, 3.8) is 0 Å². The predicted octanol–water partition coefficient (Wildman–Crippen LogP) is 4.50. The Labute approximate surface area is 146 Å². The van der Waals surface area contributed by atoms with E-state index in [0.717, 1.165) is 12.8 Å². The van der Waals surface area contributed by atoms with Crippen molar-refractivity contribution in [2.45, 2.75) is 51.9 Å². The van der Waals surface area contributed by atoms with Crippen LogP contribution in [0.1, 0.15) is 40.0 Å². The first-order valence-electron chi connectivity index (χ1n) is 8.54. The Morgan fingerprint density at radius 3 is 2.84 bits per heavy atom. The minimum atomic E-state index is -0.564. The van der Waals surface area contributed by atoms with E-state index in [0.29, 0.717) is 29.6 Å². The number of aromatic nitrogens is 1. The second-order valence-corrected chi connectivity index (χ2v) is 7.21. The third-order valence-electron chi connectivity index (χ3n) is 4.00. The molecule has 1 aliphatic rings. The summed E-state index contributed by atoms with van der Waals surface area (Å²) in [5.41, 5.74) is 0.0875. The summed E-state index contributed by atoms with van der Waals surface area (Å²) >= 11 is 0. The van der Waals surface area contributed by atoms with Gasteiger partial charge in [0.05, 0.1) is 5.52 Å². The van der Waals surface area contributed by atoms with Gasteiger partial charge < -0.3 is 9.47 Å². The summed E-state index contributed by atoms with van der Waals surface area (Å²) in [6, 6.07) is 6.08. The molecule has 25 heavy (non-hydrogen) atoms. The lowest BCUT2D eigenvalue weighted by atomic mass is 10.1. The third-order valence-corrected chi connectivity index (χ3v) is 4.00. The van der Waals surface area contributed by atoms with Gasteiger partial charge in [0.15, 0.2) is 6.23 Å². The van der Waals surface area contributed by atoms with E-state index in [2.05, 4.69) is 4.98 Å². The van der Waals surface area contributed by atoms with Crippen LogP contribution in [0.15, 0.2) is 30.5 Å². The third kappa shape index (κ3) is 4.18. The topological polar surface area (TPSA) is 51.7 Å². The molecule has 1 amide bonds. The van der Waals surface area contributed by atoms with Crippen LogP contribution in [0.2, 0.25) is 0 Å². The van der Waals surface area contributed by atoms with Crippen LogP contribution < -0.4 is 4.74 Å². The van der Waals surface area contributed by atoms with Gasteiger partial charge >= 0.3 is 6.09 Å². The Bertz CT molecular complexity index is 773. The molecule has 1 saturated heterocycles. The molecule has 1 atom stereocenters. The highest BCUT2D eigenvalue weighted by atomic mass is 19.1. The normalized spacial score (nSPS) is 18.2. The van der Waals surface area contributed by atoms with Crippen molar-refractivity contribution in [3.05, 3.63) is 36.3 Å². The number of carbonyl (C=O) groups excluding carboxylic acids is 1. The zero-order chi connectivity index (χ0) is 18.0. The van der Waals surface area contributed by atoms with Crippen molar-refractivity contribution in [2.24, 2.45) is 0 Å². The summed E-state index contributed by atoms with van der Waals surface area (Å²) in [5, 5.41) is 0.595. The van der Waals surface area contributed by atoms with Crippen LogP contribution in [0.5, 0.6) is 5.75 Å². The number of carbonyl (C=O) groups is 1. The average Bonchev–Trinajstić information content (AvgIpc) is 2.54. The first-order chi connectivity index (χ1) is 11.8. The number of rotatable bonds is 2. The molecular formula is C19H23FN2O3. The van der Waals surface area contributed by atoms with E-state index in [1.807, 2.05) is 20.8 Å². The maximum atomic E-state index is 13.6. The zero-order valence-electron chi connectivity index (χ0n) is 14.8. The van der Waals surface area contributed by atoms with Crippen molar-refractivity contribution >= 4 is 17.0 Å². The van der Waals surface area contributed by atoms with Crippen LogP contribution in [-0.2, 0) is 4.74 Å². The second kappa shape index (κ2) is 6.86. The Morgan fingerprint density at radius 1 is 1.28 bits per heavy atom. The fraction of sp³-hybridized carbons (Fsp3) is 0.474. The maximum Gasteiger partial charge on any atom is 0.413 e. The predicted molar refractivity (Wildman–Crippen MR) is 92.9 cm³/mol. The second-order valence-electron chi connectivity index (χ2n) is 7.21. The summed E-state index contributed by atoms with van der Waals surface area (Å²) in [4.78, 5) is 18.3. The van der Waals surface area contributed by atoms with E-state index in [4.69, 9.17) is 9.47 Å². The number of benzene rings is 1. The van der Waals surface area contributed by atoms with Crippen molar-refractivity contribution in [3.8, 4) is 5.75 Å². The molecule has 1 aromatic heterocycles. The first-order valence-corrected chi connectivity index (χ1v) is 8.54. The van der Waals surface area contributed by atoms with Crippen LogP contribution in [-0.4, -0.2) is 34.4 Å². The molecule has 134 valence electrons. The van der Waals surface area contributed by atoms with Gasteiger partial charge in [0, 0.05) is 24.5 Å². The number of halogens is 1. The molecule has 0 bridgehead atoms. The van der Waals surface area contributed by atoms with Crippen molar-refractivity contribution in [1.82, 2.24) is 9.88 Å². The monoisotopic (exact) mass is 346 g/mol. The summed E-state index contributed by atoms with van der Waals surface area (Å²) in [7, 11) is 0. The quantitative estimate of drug-likeness (QED) is 0.803. The number of ether oxygens (including phenoxy) is 2. The number of amides is 1. The van der Waals surface area contributed by atoms with Gasteiger partial charge in [-0.05, 0) is 57.9 Å². The van der Waals surface area contributed by atoms with Crippen molar-refractivity contribution < 1.29 is 18.7 Å². The van der Waals surface area contributed by atoms with Gasteiger partial charge in [-0.3, -0.25) is 9.88 Å². The van der Waals surface area contributed by atoms with E-state index in [-0.39, 0.29) is 11.9 Å². The standard InChI is InChI=1S/C19H23FN2O3/c1-19(2,3)25-18(23)22-11-5-4-6-17(22)24-16-9-10-21-15-8-7-13(20)12-14(15)16/h7-10,12,17H,4-6,11H2,1-3H3/t17-/m1/s1. The number of fused-ring (bicyclic) bond motifs is 1. The van der Waals surface area contributed by atoms with Crippen LogP contribution in [0.25, 0.3) is 10.9 Å². The Morgan fingerprint density at radius 2 is 2.08 bits per heavy atom.